The molecule has 3 aromatic rings. The smallest absolute Gasteiger partial charge is 0.350 e. The third-order valence-corrected chi connectivity index (χ3v) is 5.64. The molecular formula is C29H32O4. The standard InChI is InChI=1S/C29H32O4/c1-5-29(4,28(30)31-6-2)33-27-18-16-26(17-19-27)32-21-20-22(3)23-12-14-25(15-13-23)24-10-8-7-9-11-24/h7-20H,5-6,21H2,1-4H3. The lowest BCUT2D eigenvalue weighted by Crippen LogP contribution is -2.42. The Labute approximate surface area is 196 Å². The predicted molar refractivity (Wildman–Crippen MR) is 133 cm³/mol. The van der Waals surface area contributed by atoms with Gasteiger partial charge in [-0.15, -0.1) is 0 Å². The minimum atomic E-state index is -1.01. The summed E-state index contributed by atoms with van der Waals surface area (Å²) < 4.78 is 16.9. The van der Waals surface area contributed by atoms with Crippen molar-refractivity contribution in [2.24, 2.45) is 0 Å². The van der Waals surface area contributed by atoms with Crippen molar-refractivity contribution in [2.75, 3.05) is 13.2 Å². The number of hydrogen-bond donors (Lipinski definition) is 0. The Kier molecular flexibility index (Phi) is 8.31. The summed E-state index contributed by atoms with van der Waals surface area (Å²) in [6, 6.07) is 26.2. The Morgan fingerprint density at radius 2 is 1.45 bits per heavy atom. The van der Waals surface area contributed by atoms with Crippen molar-refractivity contribution in [3.63, 3.8) is 0 Å². The number of allylic oxidation sites excluding steroid dienone is 1. The highest BCUT2D eigenvalue weighted by molar-refractivity contribution is 5.79. The molecule has 0 bridgehead atoms. The molecule has 1 unspecified atom stereocenters. The summed E-state index contributed by atoms with van der Waals surface area (Å²) in [5, 5.41) is 0. The van der Waals surface area contributed by atoms with Crippen LogP contribution in [0.4, 0.5) is 0 Å². The van der Waals surface area contributed by atoms with Gasteiger partial charge >= 0.3 is 5.97 Å². The topological polar surface area (TPSA) is 44.8 Å². The summed E-state index contributed by atoms with van der Waals surface area (Å²) in [4.78, 5) is 12.2. The highest BCUT2D eigenvalue weighted by atomic mass is 16.6. The number of esters is 1. The van der Waals surface area contributed by atoms with E-state index in [4.69, 9.17) is 14.2 Å². The molecule has 0 radical (unpaired) electrons. The zero-order chi connectivity index (χ0) is 23.7. The van der Waals surface area contributed by atoms with Gasteiger partial charge in [0.1, 0.15) is 18.1 Å². The Balaban J connectivity index is 1.56. The SMILES string of the molecule is CCOC(=O)C(C)(CC)Oc1ccc(OCC=C(C)c2ccc(-c3ccccc3)cc2)cc1. The zero-order valence-corrected chi connectivity index (χ0v) is 19.8. The van der Waals surface area contributed by atoms with Gasteiger partial charge in [0.2, 0.25) is 5.60 Å². The van der Waals surface area contributed by atoms with Crippen molar-refractivity contribution < 1.29 is 19.0 Å². The molecule has 0 aliphatic heterocycles. The first-order valence-electron chi connectivity index (χ1n) is 11.4. The van der Waals surface area contributed by atoms with Gasteiger partial charge in [-0.05, 0) is 79.8 Å². The fourth-order valence-corrected chi connectivity index (χ4v) is 3.34. The average molecular weight is 445 g/mol. The highest BCUT2D eigenvalue weighted by Crippen LogP contribution is 2.26. The lowest BCUT2D eigenvalue weighted by atomic mass is 10.0. The summed E-state index contributed by atoms with van der Waals surface area (Å²) in [6.07, 6.45) is 2.58. The van der Waals surface area contributed by atoms with Gasteiger partial charge in [0.05, 0.1) is 6.61 Å². The molecule has 0 N–H and O–H groups in total. The number of ether oxygens (including phenoxy) is 3. The summed E-state index contributed by atoms with van der Waals surface area (Å²) in [5.74, 6) is 0.982. The first-order chi connectivity index (χ1) is 15.9. The van der Waals surface area contributed by atoms with Crippen LogP contribution in [0, 0.1) is 0 Å². The van der Waals surface area contributed by atoms with E-state index in [-0.39, 0.29) is 5.97 Å². The molecule has 4 nitrogen and oxygen atoms in total. The monoisotopic (exact) mass is 444 g/mol. The summed E-state index contributed by atoms with van der Waals surface area (Å²) in [7, 11) is 0. The van der Waals surface area contributed by atoms with Crippen molar-refractivity contribution in [3.05, 3.63) is 90.5 Å². The van der Waals surface area contributed by atoms with Gasteiger partial charge in [-0.2, -0.15) is 0 Å². The number of benzene rings is 3. The molecule has 172 valence electrons. The van der Waals surface area contributed by atoms with Gasteiger partial charge in [-0.1, -0.05) is 61.5 Å². The van der Waals surface area contributed by atoms with Crippen molar-refractivity contribution in [2.45, 2.75) is 39.7 Å². The Morgan fingerprint density at radius 1 is 0.848 bits per heavy atom. The van der Waals surface area contributed by atoms with E-state index < -0.39 is 5.60 Å². The van der Waals surface area contributed by atoms with Crippen LogP contribution < -0.4 is 9.47 Å². The van der Waals surface area contributed by atoms with Gasteiger partial charge < -0.3 is 14.2 Å². The van der Waals surface area contributed by atoms with Crippen molar-refractivity contribution in [3.8, 4) is 22.6 Å². The van der Waals surface area contributed by atoms with Crippen molar-refractivity contribution in [1.29, 1.82) is 0 Å². The van der Waals surface area contributed by atoms with E-state index in [1.807, 2.05) is 37.3 Å². The summed E-state index contributed by atoms with van der Waals surface area (Å²) >= 11 is 0. The first kappa shape index (κ1) is 24.1. The van der Waals surface area contributed by atoms with Crippen LogP contribution in [-0.2, 0) is 9.53 Å². The van der Waals surface area contributed by atoms with Gasteiger partial charge in [-0.25, -0.2) is 4.79 Å². The third-order valence-electron chi connectivity index (χ3n) is 5.64. The van der Waals surface area contributed by atoms with Crippen molar-refractivity contribution in [1.82, 2.24) is 0 Å². The van der Waals surface area contributed by atoms with Crippen LogP contribution in [0.15, 0.2) is 84.9 Å². The van der Waals surface area contributed by atoms with Crippen LogP contribution in [0.1, 0.15) is 39.7 Å². The van der Waals surface area contributed by atoms with Crippen LogP contribution in [0.2, 0.25) is 0 Å². The molecular weight excluding hydrogens is 412 g/mol. The molecule has 0 fully saturated rings. The maximum Gasteiger partial charge on any atom is 0.350 e. The van der Waals surface area contributed by atoms with Gasteiger partial charge in [-0.3, -0.25) is 0 Å². The Hall–Kier alpha value is -3.53. The Bertz CT molecular complexity index is 1050. The molecule has 4 heteroatoms. The maximum atomic E-state index is 12.2. The fraction of sp³-hybridized carbons (Fsp3) is 0.276. The van der Waals surface area contributed by atoms with E-state index in [1.165, 1.54) is 16.7 Å². The van der Waals surface area contributed by atoms with E-state index >= 15 is 0 Å². The third kappa shape index (κ3) is 6.48. The first-order valence-corrected chi connectivity index (χ1v) is 11.4. The molecule has 3 rings (SSSR count). The minimum absolute atomic E-state index is 0.328. The Morgan fingerprint density at radius 3 is 2.06 bits per heavy atom. The molecule has 33 heavy (non-hydrogen) atoms. The van der Waals surface area contributed by atoms with E-state index in [9.17, 15) is 4.79 Å². The predicted octanol–water partition coefficient (Wildman–Crippen LogP) is 6.95. The van der Waals surface area contributed by atoms with E-state index in [0.717, 1.165) is 11.3 Å². The quantitative estimate of drug-likeness (QED) is 0.318. The zero-order valence-electron chi connectivity index (χ0n) is 19.8. The molecule has 0 saturated carbocycles. The molecule has 0 aliphatic carbocycles. The van der Waals surface area contributed by atoms with E-state index in [0.29, 0.717) is 25.4 Å². The minimum Gasteiger partial charge on any atom is -0.490 e. The van der Waals surface area contributed by atoms with Crippen LogP contribution >= 0.6 is 0 Å². The molecule has 0 aromatic heterocycles. The molecule has 0 heterocycles. The van der Waals surface area contributed by atoms with Crippen LogP contribution in [0.5, 0.6) is 11.5 Å². The lowest BCUT2D eigenvalue weighted by molar-refractivity contribution is -0.160. The second-order valence-corrected chi connectivity index (χ2v) is 8.02. The second-order valence-electron chi connectivity index (χ2n) is 8.02. The van der Waals surface area contributed by atoms with E-state index in [1.54, 1.807) is 26.0 Å². The maximum absolute atomic E-state index is 12.2. The molecule has 1 atom stereocenters. The van der Waals surface area contributed by atoms with Crippen LogP contribution in [0.25, 0.3) is 16.7 Å². The fourth-order valence-electron chi connectivity index (χ4n) is 3.34. The average Bonchev–Trinajstić information content (AvgIpc) is 2.85. The largest absolute Gasteiger partial charge is 0.490 e. The lowest BCUT2D eigenvalue weighted by Gasteiger charge is -2.27. The number of carbonyl (C=O) groups excluding carboxylic acids is 1. The highest BCUT2D eigenvalue weighted by Gasteiger charge is 2.35. The second kappa shape index (κ2) is 11.4. The van der Waals surface area contributed by atoms with E-state index in [2.05, 4.69) is 49.4 Å². The summed E-state index contributed by atoms with van der Waals surface area (Å²) in [5.41, 5.74) is 3.73. The molecule has 3 aromatic carbocycles. The van der Waals surface area contributed by atoms with Gasteiger partial charge in [0.25, 0.3) is 0 Å². The molecule has 0 aliphatic rings. The normalized spacial score (nSPS) is 13.2. The molecule has 0 spiro atoms. The number of rotatable bonds is 10. The molecule has 0 amide bonds. The summed E-state index contributed by atoms with van der Waals surface area (Å²) in [6.45, 7) is 8.30. The number of hydrogen-bond acceptors (Lipinski definition) is 4. The van der Waals surface area contributed by atoms with Crippen molar-refractivity contribution >= 4 is 11.5 Å². The van der Waals surface area contributed by atoms with Crippen LogP contribution in [0.3, 0.4) is 0 Å². The molecule has 0 saturated heterocycles. The van der Waals surface area contributed by atoms with Crippen LogP contribution in [-0.4, -0.2) is 24.8 Å². The number of carbonyl (C=O) groups is 1. The van der Waals surface area contributed by atoms with Gasteiger partial charge in [0.15, 0.2) is 0 Å². The van der Waals surface area contributed by atoms with Gasteiger partial charge in [0, 0.05) is 0 Å².